The molecule has 0 aliphatic rings. The first-order valence-corrected chi connectivity index (χ1v) is 7.14. The molecule has 0 saturated heterocycles. The number of carbonyl (C=O) groups is 1. The number of hydrogen-bond acceptors (Lipinski definition) is 4. The molecule has 0 fully saturated rings. The van der Waals surface area contributed by atoms with Gasteiger partial charge in [-0.05, 0) is 12.1 Å². The maximum Gasteiger partial charge on any atom is 0.256 e. The zero-order valence-electron chi connectivity index (χ0n) is 12.6. The van der Waals surface area contributed by atoms with Gasteiger partial charge in [0.25, 0.3) is 5.91 Å². The highest BCUT2D eigenvalue weighted by molar-refractivity contribution is 5.97. The molecule has 0 atom stereocenters. The summed E-state index contributed by atoms with van der Waals surface area (Å²) in [5.74, 6) is 0.154. The second kappa shape index (κ2) is 6.35. The summed E-state index contributed by atoms with van der Waals surface area (Å²) in [7, 11) is 1.53. The number of ether oxygens (including phenoxy) is 1. The Morgan fingerprint density at radius 2 is 2.22 bits per heavy atom. The van der Waals surface area contributed by atoms with Crippen LogP contribution < -0.4 is 15.5 Å². The predicted octanol–water partition coefficient (Wildman–Crippen LogP) is 1.23. The van der Waals surface area contributed by atoms with E-state index in [2.05, 4.69) is 20.3 Å². The van der Waals surface area contributed by atoms with Crippen LogP contribution in [0.3, 0.4) is 0 Å². The van der Waals surface area contributed by atoms with Crippen LogP contribution >= 0.6 is 0 Å². The number of methoxy groups -OCH3 is 1. The molecule has 7 heteroatoms. The van der Waals surface area contributed by atoms with E-state index in [-0.39, 0.29) is 11.0 Å². The van der Waals surface area contributed by atoms with E-state index in [4.69, 9.17) is 4.74 Å². The topological polar surface area (TPSA) is 99.9 Å². The zero-order chi connectivity index (χ0) is 16.2. The highest BCUT2D eigenvalue weighted by Gasteiger charge is 2.14. The van der Waals surface area contributed by atoms with E-state index in [1.54, 1.807) is 30.7 Å². The van der Waals surface area contributed by atoms with Gasteiger partial charge >= 0.3 is 0 Å². The Kier molecular flexibility index (Phi) is 4.09. The van der Waals surface area contributed by atoms with Crippen LogP contribution in [0.15, 0.2) is 41.7 Å². The van der Waals surface area contributed by atoms with Gasteiger partial charge in [-0.2, -0.15) is 0 Å². The lowest BCUT2D eigenvalue weighted by Gasteiger charge is -2.07. The largest absolute Gasteiger partial charge is 0.495 e. The average Bonchev–Trinajstić information content (AvgIpc) is 3.08. The molecule has 2 aromatic heterocycles. The van der Waals surface area contributed by atoms with Crippen molar-refractivity contribution in [3.8, 4) is 5.75 Å². The van der Waals surface area contributed by atoms with Gasteiger partial charge in [0.2, 0.25) is 5.43 Å². The van der Waals surface area contributed by atoms with Crippen molar-refractivity contribution in [1.82, 2.24) is 20.3 Å². The van der Waals surface area contributed by atoms with Crippen molar-refractivity contribution in [2.24, 2.45) is 0 Å². The number of imidazole rings is 1. The molecule has 1 amide bonds. The summed E-state index contributed by atoms with van der Waals surface area (Å²) in [6.07, 6.45) is 5.31. The normalized spacial score (nSPS) is 10.7. The lowest BCUT2D eigenvalue weighted by Crippen LogP contribution is -2.30. The lowest BCUT2D eigenvalue weighted by molar-refractivity contribution is 0.0953. The van der Waals surface area contributed by atoms with Gasteiger partial charge in [-0.25, -0.2) is 4.98 Å². The van der Waals surface area contributed by atoms with E-state index < -0.39 is 5.91 Å². The molecule has 3 N–H and O–H groups in total. The smallest absolute Gasteiger partial charge is 0.256 e. The fraction of sp³-hybridized carbons (Fsp3) is 0.188. The fourth-order valence-electron chi connectivity index (χ4n) is 2.39. The number of H-pyrrole nitrogens is 2. The number of benzene rings is 1. The van der Waals surface area contributed by atoms with Gasteiger partial charge in [0, 0.05) is 31.1 Å². The zero-order valence-corrected chi connectivity index (χ0v) is 12.6. The Balaban J connectivity index is 1.81. The van der Waals surface area contributed by atoms with E-state index >= 15 is 0 Å². The molecule has 3 aromatic rings. The number of carbonyl (C=O) groups excluding carboxylic acids is 1. The lowest BCUT2D eigenvalue weighted by atomic mass is 10.1. The molecule has 0 bridgehead atoms. The monoisotopic (exact) mass is 312 g/mol. The molecule has 0 saturated carbocycles. The minimum atomic E-state index is -0.407. The second-order valence-corrected chi connectivity index (χ2v) is 5.00. The standard InChI is InChI=1S/C16H16N4O3/c1-23-13-4-2-3-11-14(13)19-8-12(15(11)21)16(22)18-6-5-10-7-17-9-20-10/h2-4,7-9H,5-6H2,1H3,(H,17,20)(H,18,22)(H,19,21). The van der Waals surface area contributed by atoms with E-state index in [0.29, 0.717) is 29.6 Å². The van der Waals surface area contributed by atoms with Crippen LogP contribution in [0.5, 0.6) is 5.75 Å². The summed E-state index contributed by atoms with van der Waals surface area (Å²) in [6.45, 7) is 0.413. The van der Waals surface area contributed by atoms with Crippen LogP contribution in [0.2, 0.25) is 0 Å². The minimum Gasteiger partial charge on any atom is -0.495 e. The van der Waals surface area contributed by atoms with Crippen LogP contribution in [-0.2, 0) is 6.42 Å². The third-order valence-corrected chi connectivity index (χ3v) is 3.58. The molecule has 23 heavy (non-hydrogen) atoms. The SMILES string of the molecule is COc1cccc2c(=O)c(C(=O)NCCc3cnc[nH]3)c[nH]c12. The van der Waals surface area contributed by atoms with Crippen molar-refractivity contribution in [2.75, 3.05) is 13.7 Å². The molecule has 0 radical (unpaired) electrons. The Morgan fingerprint density at radius 3 is 2.96 bits per heavy atom. The van der Waals surface area contributed by atoms with Gasteiger partial charge in [0.15, 0.2) is 0 Å². The van der Waals surface area contributed by atoms with Gasteiger partial charge in [-0.15, -0.1) is 0 Å². The van der Waals surface area contributed by atoms with Crippen molar-refractivity contribution >= 4 is 16.8 Å². The molecule has 0 spiro atoms. The first-order chi connectivity index (χ1) is 11.2. The number of para-hydroxylation sites is 1. The Morgan fingerprint density at radius 1 is 1.35 bits per heavy atom. The first-order valence-electron chi connectivity index (χ1n) is 7.14. The molecular weight excluding hydrogens is 296 g/mol. The number of nitrogens with one attached hydrogen (secondary N) is 3. The van der Waals surface area contributed by atoms with Crippen molar-refractivity contribution in [1.29, 1.82) is 0 Å². The van der Waals surface area contributed by atoms with Gasteiger partial charge in [0.1, 0.15) is 11.3 Å². The summed E-state index contributed by atoms with van der Waals surface area (Å²) < 4.78 is 5.21. The van der Waals surface area contributed by atoms with Gasteiger partial charge in [-0.1, -0.05) is 6.07 Å². The Hall–Kier alpha value is -3.09. The maximum atomic E-state index is 12.5. The van der Waals surface area contributed by atoms with Crippen molar-refractivity contribution < 1.29 is 9.53 Å². The summed E-state index contributed by atoms with van der Waals surface area (Å²) >= 11 is 0. The molecule has 0 unspecified atom stereocenters. The first kappa shape index (κ1) is 14.8. The summed E-state index contributed by atoms with van der Waals surface area (Å²) in [5, 5.41) is 3.16. The predicted molar refractivity (Wildman–Crippen MR) is 85.7 cm³/mol. The Bertz CT molecular complexity index is 884. The van der Waals surface area contributed by atoms with E-state index in [1.165, 1.54) is 13.3 Å². The molecule has 7 nitrogen and oxygen atoms in total. The van der Waals surface area contributed by atoms with Crippen LogP contribution in [0.25, 0.3) is 10.9 Å². The van der Waals surface area contributed by atoms with Crippen molar-refractivity contribution in [2.45, 2.75) is 6.42 Å². The van der Waals surface area contributed by atoms with Gasteiger partial charge < -0.3 is 20.0 Å². The van der Waals surface area contributed by atoms with Gasteiger partial charge in [0.05, 0.1) is 24.3 Å². The number of nitrogens with zero attached hydrogens (tertiary/aromatic N) is 1. The average molecular weight is 312 g/mol. The molecule has 2 heterocycles. The molecule has 0 aliphatic heterocycles. The minimum absolute atomic E-state index is 0.0790. The number of aromatic amines is 2. The molecule has 3 rings (SSSR count). The Labute approximate surface area is 131 Å². The number of pyridine rings is 1. The fourth-order valence-corrected chi connectivity index (χ4v) is 2.39. The van der Waals surface area contributed by atoms with Crippen LogP contribution in [-0.4, -0.2) is 34.5 Å². The molecule has 0 aliphatic carbocycles. The van der Waals surface area contributed by atoms with E-state index in [0.717, 1.165) is 5.69 Å². The highest BCUT2D eigenvalue weighted by Crippen LogP contribution is 2.20. The third kappa shape index (κ3) is 2.94. The molecular formula is C16H16N4O3. The number of amides is 1. The van der Waals surface area contributed by atoms with Crippen LogP contribution in [0, 0.1) is 0 Å². The third-order valence-electron chi connectivity index (χ3n) is 3.58. The number of fused-ring (bicyclic) bond motifs is 1. The molecule has 1 aromatic carbocycles. The summed E-state index contributed by atoms with van der Waals surface area (Å²) in [4.78, 5) is 34.5. The van der Waals surface area contributed by atoms with Crippen molar-refractivity contribution in [3.63, 3.8) is 0 Å². The van der Waals surface area contributed by atoms with Gasteiger partial charge in [-0.3, -0.25) is 9.59 Å². The van der Waals surface area contributed by atoms with Crippen molar-refractivity contribution in [3.05, 3.63) is 58.4 Å². The summed E-state index contributed by atoms with van der Waals surface area (Å²) in [5.41, 5.74) is 1.25. The quantitative estimate of drug-likeness (QED) is 0.660. The van der Waals surface area contributed by atoms with E-state index in [1.807, 2.05) is 0 Å². The van der Waals surface area contributed by atoms with E-state index in [9.17, 15) is 9.59 Å². The molecule has 118 valence electrons. The number of hydrogen-bond donors (Lipinski definition) is 3. The van der Waals surface area contributed by atoms with Crippen LogP contribution in [0.1, 0.15) is 16.1 Å². The highest BCUT2D eigenvalue weighted by atomic mass is 16.5. The number of aromatic nitrogens is 3. The maximum absolute atomic E-state index is 12.5. The summed E-state index contributed by atoms with van der Waals surface area (Å²) in [6, 6.07) is 5.14. The van der Waals surface area contributed by atoms with Crippen LogP contribution in [0.4, 0.5) is 0 Å². The second-order valence-electron chi connectivity index (χ2n) is 5.00. The number of rotatable bonds is 5.